The molecule has 1 aromatic heterocycles. The summed E-state index contributed by atoms with van der Waals surface area (Å²) >= 11 is 1.58. The predicted octanol–water partition coefficient (Wildman–Crippen LogP) is 0.983. The highest BCUT2D eigenvalue weighted by Crippen LogP contribution is 2.23. The largest absolute Gasteiger partial charge is 0.320 e. The minimum absolute atomic E-state index is 0.00227. The Kier molecular flexibility index (Phi) is 2.79. The van der Waals surface area contributed by atoms with Crippen LogP contribution in [0.4, 0.5) is 0 Å². The molecule has 1 saturated heterocycles. The van der Waals surface area contributed by atoms with Crippen LogP contribution in [0.15, 0.2) is 11.6 Å². The molecule has 2 rings (SSSR count). The van der Waals surface area contributed by atoms with Gasteiger partial charge < -0.3 is 4.90 Å². The summed E-state index contributed by atoms with van der Waals surface area (Å²) in [5.41, 5.74) is 0. The first-order valence-electron chi connectivity index (χ1n) is 4.75. The summed E-state index contributed by atoms with van der Waals surface area (Å²) in [6.07, 6.45) is 2.76. The summed E-state index contributed by atoms with van der Waals surface area (Å²) in [6.45, 7) is 3.31. The van der Waals surface area contributed by atoms with Crippen LogP contribution < -0.4 is 5.32 Å². The van der Waals surface area contributed by atoms with Crippen LogP contribution in [0.5, 0.6) is 0 Å². The number of hydrogen-bond donors (Lipinski definition) is 1. The SMILES string of the molecule is CCCN1C(=O)CNC1c1nccs1. The Morgan fingerprint density at radius 3 is 3.29 bits per heavy atom. The highest BCUT2D eigenvalue weighted by molar-refractivity contribution is 7.09. The number of amides is 1. The van der Waals surface area contributed by atoms with Gasteiger partial charge in [0.1, 0.15) is 11.2 Å². The normalized spacial score (nSPS) is 21.9. The highest BCUT2D eigenvalue weighted by atomic mass is 32.1. The van der Waals surface area contributed by atoms with Gasteiger partial charge in [0.15, 0.2) is 0 Å². The van der Waals surface area contributed by atoms with Gasteiger partial charge in [0.2, 0.25) is 5.91 Å². The maximum Gasteiger partial charge on any atom is 0.238 e. The minimum Gasteiger partial charge on any atom is -0.320 e. The summed E-state index contributed by atoms with van der Waals surface area (Å²) in [7, 11) is 0. The lowest BCUT2D eigenvalue weighted by molar-refractivity contribution is -0.128. The first-order chi connectivity index (χ1) is 6.83. The second-order valence-electron chi connectivity index (χ2n) is 3.24. The summed E-state index contributed by atoms with van der Waals surface area (Å²) in [4.78, 5) is 17.6. The second-order valence-corrected chi connectivity index (χ2v) is 4.17. The van der Waals surface area contributed by atoms with E-state index in [1.54, 1.807) is 17.5 Å². The molecule has 2 heterocycles. The molecule has 0 bridgehead atoms. The van der Waals surface area contributed by atoms with E-state index >= 15 is 0 Å². The Hall–Kier alpha value is -0.940. The fourth-order valence-corrected chi connectivity index (χ4v) is 2.35. The third kappa shape index (κ3) is 1.65. The van der Waals surface area contributed by atoms with Crippen molar-refractivity contribution in [1.82, 2.24) is 15.2 Å². The number of carbonyl (C=O) groups excluding carboxylic acids is 1. The Morgan fingerprint density at radius 2 is 2.64 bits per heavy atom. The van der Waals surface area contributed by atoms with E-state index in [9.17, 15) is 4.79 Å². The quantitative estimate of drug-likeness (QED) is 0.810. The van der Waals surface area contributed by atoms with Gasteiger partial charge in [-0.05, 0) is 6.42 Å². The number of carbonyl (C=O) groups is 1. The van der Waals surface area contributed by atoms with Crippen molar-refractivity contribution in [2.24, 2.45) is 0 Å². The minimum atomic E-state index is 0.00227. The molecule has 1 aliphatic rings. The Bertz CT molecular complexity index is 312. The smallest absolute Gasteiger partial charge is 0.238 e. The van der Waals surface area contributed by atoms with E-state index in [4.69, 9.17) is 0 Å². The van der Waals surface area contributed by atoms with Crippen LogP contribution in [0.25, 0.3) is 0 Å². The molecule has 0 radical (unpaired) electrons. The summed E-state index contributed by atoms with van der Waals surface area (Å²) in [5, 5.41) is 6.08. The van der Waals surface area contributed by atoms with Crippen LogP contribution in [0.2, 0.25) is 0 Å². The van der Waals surface area contributed by atoms with E-state index in [1.807, 2.05) is 10.3 Å². The lowest BCUT2D eigenvalue weighted by atomic mass is 10.4. The Labute approximate surface area is 86.9 Å². The molecule has 1 unspecified atom stereocenters. The zero-order valence-corrected chi connectivity index (χ0v) is 8.88. The first kappa shape index (κ1) is 9.61. The van der Waals surface area contributed by atoms with Gasteiger partial charge in [-0.15, -0.1) is 11.3 Å². The summed E-state index contributed by atoms with van der Waals surface area (Å²) in [5.74, 6) is 0.173. The van der Waals surface area contributed by atoms with Crippen LogP contribution in [-0.4, -0.2) is 28.9 Å². The number of nitrogens with zero attached hydrogens (tertiary/aromatic N) is 2. The molecule has 1 aromatic rings. The molecule has 0 aromatic carbocycles. The van der Waals surface area contributed by atoms with Crippen LogP contribution in [0, 0.1) is 0 Å². The molecule has 1 atom stereocenters. The molecule has 0 spiro atoms. The second kappa shape index (κ2) is 4.06. The molecule has 0 saturated carbocycles. The van der Waals surface area contributed by atoms with E-state index in [0.717, 1.165) is 18.0 Å². The van der Waals surface area contributed by atoms with E-state index in [1.165, 1.54) is 0 Å². The lowest BCUT2D eigenvalue weighted by Crippen LogP contribution is -2.30. The highest BCUT2D eigenvalue weighted by Gasteiger charge is 2.32. The molecule has 4 nitrogen and oxygen atoms in total. The van der Waals surface area contributed by atoms with Crippen LogP contribution in [0.1, 0.15) is 24.5 Å². The predicted molar refractivity (Wildman–Crippen MR) is 54.9 cm³/mol. The monoisotopic (exact) mass is 211 g/mol. The molecule has 76 valence electrons. The molecule has 0 aliphatic carbocycles. The lowest BCUT2D eigenvalue weighted by Gasteiger charge is -2.21. The average molecular weight is 211 g/mol. The standard InChI is InChI=1S/C9H13N3OS/c1-2-4-12-7(13)6-11-8(12)9-10-3-5-14-9/h3,5,8,11H,2,4,6H2,1H3. The number of nitrogens with one attached hydrogen (secondary N) is 1. The fraction of sp³-hybridized carbons (Fsp3) is 0.556. The average Bonchev–Trinajstić information content (AvgIpc) is 2.77. The molecule has 1 aliphatic heterocycles. The topological polar surface area (TPSA) is 45.2 Å². The van der Waals surface area contributed by atoms with Gasteiger partial charge in [0.05, 0.1) is 6.54 Å². The zero-order valence-electron chi connectivity index (χ0n) is 8.06. The van der Waals surface area contributed by atoms with E-state index in [2.05, 4.69) is 17.2 Å². The summed E-state index contributed by atoms with van der Waals surface area (Å²) in [6, 6.07) is 0. The van der Waals surface area contributed by atoms with Crippen molar-refractivity contribution < 1.29 is 4.79 Å². The van der Waals surface area contributed by atoms with Gasteiger partial charge in [-0.25, -0.2) is 4.98 Å². The molecule has 5 heteroatoms. The number of thiazole rings is 1. The van der Waals surface area contributed by atoms with Crippen molar-refractivity contribution >= 4 is 17.2 Å². The van der Waals surface area contributed by atoms with Crippen molar-refractivity contribution in [3.8, 4) is 0 Å². The van der Waals surface area contributed by atoms with E-state index < -0.39 is 0 Å². The van der Waals surface area contributed by atoms with E-state index in [-0.39, 0.29) is 12.1 Å². The van der Waals surface area contributed by atoms with Gasteiger partial charge in [0, 0.05) is 18.1 Å². The zero-order chi connectivity index (χ0) is 9.97. The van der Waals surface area contributed by atoms with Crippen LogP contribution >= 0.6 is 11.3 Å². The van der Waals surface area contributed by atoms with Crippen LogP contribution in [0.3, 0.4) is 0 Å². The number of rotatable bonds is 3. The maximum atomic E-state index is 11.5. The molecular weight excluding hydrogens is 198 g/mol. The fourth-order valence-electron chi connectivity index (χ4n) is 1.62. The van der Waals surface area contributed by atoms with Crippen LogP contribution in [-0.2, 0) is 4.79 Å². The molecule has 1 amide bonds. The van der Waals surface area contributed by atoms with Crippen molar-refractivity contribution in [1.29, 1.82) is 0 Å². The van der Waals surface area contributed by atoms with Gasteiger partial charge in [-0.2, -0.15) is 0 Å². The van der Waals surface area contributed by atoms with Crippen molar-refractivity contribution in [2.45, 2.75) is 19.5 Å². The van der Waals surface area contributed by atoms with Gasteiger partial charge in [0.25, 0.3) is 0 Å². The van der Waals surface area contributed by atoms with Crippen molar-refractivity contribution in [3.05, 3.63) is 16.6 Å². The first-order valence-corrected chi connectivity index (χ1v) is 5.63. The Morgan fingerprint density at radius 1 is 1.79 bits per heavy atom. The maximum absolute atomic E-state index is 11.5. The van der Waals surface area contributed by atoms with Crippen molar-refractivity contribution in [2.75, 3.05) is 13.1 Å². The summed E-state index contributed by atoms with van der Waals surface area (Å²) < 4.78 is 0. The van der Waals surface area contributed by atoms with Gasteiger partial charge in [-0.1, -0.05) is 6.92 Å². The van der Waals surface area contributed by atoms with E-state index in [0.29, 0.717) is 6.54 Å². The van der Waals surface area contributed by atoms with Gasteiger partial charge >= 0.3 is 0 Å². The number of aromatic nitrogens is 1. The van der Waals surface area contributed by atoms with Crippen molar-refractivity contribution in [3.63, 3.8) is 0 Å². The third-order valence-corrected chi connectivity index (χ3v) is 3.06. The number of hydrogen-bond acceptors (Lipinski definition) is 4. The Balaban J connectivity index is 2.15. The molecule has 14 heavy (non-hydrogen) atoms. The van der Waals surface area contributed by atoms with Gasteiger partial charge in [-0.3, -0.25) is 10.1 Å². The molecule has 1 fully saturated rings. The molecular formula is C9H13N3OS. The molecule has 1 N–H and O–H groups in total. The third-order valence-electron chi connectivity index (χ3n) is 2.23.